The van der Waals surface area contributed by atoms with Crippen molar-refractivity contribution in [1.29, 1.82) is 0 Å². The standard InChI is InChI=1S/C14H20N2O4S2/c17-21(18)12-4-3-11-16(21)13-5-7-14(8-6-13)22(19,20)15-9-1-2-10-15/h5-8H,1-4,9-12H2. The van der Waals surface area contributed by atoms with Crippen molar-refractivity contribution in [3.05, 3.63) is 24.3 Å². The molecule has 0 N–H and O–H groups in total. The lowest BCUT2D eigenvalue weighted by Crippen LogP contribution is -2.37. The molecule has 3 rings (SSSR count). The Hall–Kier alpha value is -1.12. The van der Waals surface area contributed by atoms with Crippen molar-refractivity contribution in [2.24, 2.45) is 0 Å². The van der Waals surface area contributed by atoms with Gasteiger partial charge in [0.15, 0.2) is 0 Å². The number of nitrogens with zero attached hydrogens (tertiary/aromatic N) is 2. The van der Waals surface area contributed by atoms with Gasteiger partial charge in [0.2, 0.25) is 20.0 Å². The van der Waals surface area contributed by atoms with Crippen LogP contribution in [-0.4, -0.2) is 46.5 Å². The van der Waals surface area contributed by atoms with Crippen LogP contribution in [0.25, 0.3) is 0 Å². The average molecular weight is 344 g/mol. The molecule has 2 aliphatic heterocycles. The Morgan fingerprint density at radius 1 is 0.864 bits per heavy atom. The van der Waals surface area contributed by atoms with Crippen LogP contribution in [0.2, 0.25) is 0 Å². The molecule has 1 aromatic rings. The average Bonchev–Trinajstić information content (AvgIpc) is 3.02. The van der Waals surface area contributed by atoms with E-state index in [1.54, 1.807) is 12.1 Å². The smallest absolute Gasteiger partial charge is 0.243 e. The van der Waals surface area contributed by atoms with E-state index >= 15 is 0 Å². The molecule has 0 atom stereocenters. The van der Waals surface area contributed by atoms with Crippen molar-refractivity contribution >= 4 is 25.7 Å². The number of anilines is 1. The van der Waals surface area contributed by atoms with Crippen molar-refractivity contribution in [1.82, 2.24) is 4.31 Å². The number of rotatable bonds is 3. The maximum absolute atomic E-state index is 12.4. The molecule has 6 nitrogen and oxygen atoms in total. The van der Waals surface area contributed by atoms with E-state index in [-0.39, 0.29) is 10.6 Å². The number of sulfonamides is 2. The number of hydrogen-bond acceptors (Lipinski definition) is 4. The van der Waals surface area contributed by atoms with Crippen LogP contribution < -0.4 is 4.31 Å². The predicted octanol–water partition coefficient (Wildman–Crippen LogP) is 1.40. The fraction of sp³-hybridized carbons (Fsp3) is 0.571. The van der Waals surface area contributed by atoms with E-state index in [2.05, 4.69) is 0 Å². The molecule has 22 heavy (non-hydrogen) atoms. The minimum Gasteiger partial charge on any atom is -0.270 e. The van der Waals surface area contributed by atoms with E-state index in [0.29, 0.717) is 31.7 Å². The van der Waals surface area contributed by atoms with Gasteiger partial charge in [-0.15, -0.1) is 0 Å². The Morgan fingerprint density at radius 3 is 2.05 bits per heavy atom. The molecule has 2 heterocycles. The molecule has 2 fully saturated rings. The van der Waals surface area contributed by atoms with E-state index in [0.717, 1.165) is 19.3 Å². The molecule has 0 aromatic heterocycles. The van der Waals surface area contributed by atoms with E-state index < -0.39 is 20.0 Å². The van der Waals surface area contributed by atoms with Gasteiger partial charge in [-0.05, 0) is 49.9 Å². The van der Waals surface area contributed by atoms with Crippen molar-refractivity contribution in [3.63, 3.8) is 0 Å². The van der Waals surface area contributed by atoms with Gasteiger partial charge >= 0.3 is 0 Å². The largest absolute Gasteiger partial charge is 0.270 e. The van der Waals surface area contributed by atoms with Gasteiger partial charge in [0.25, 0.3) is 0 Å². The Morgan fingerprint density at radius 2 is 1.45 bits per heavy atom. The second-order valence-corrected chi connectivity index (χ2v) is 9.65. The highest BCUT2D eigenvalue weighted by molar-refractivity contribution is 7.92. The first kappa shape index (κ1) is 15.8. The van der Waals surface area contributed by atoms with E-state index in [9.17, 15) is 16.8 Å². The van der Waals surface area contributed by atoms with Crippen LogP contribution in [0.15, 0.2) is 29.2 Å². The molecular formula is C14H20N2O4S2. The third-order valence-corrected chi connectivity index (χ3v) is 7.96. The SMILES string of the molecule is O=S1(=O)CCCCN1c1ccc(S(=O)(=O)N2CCCC2)cc1. The normalized spacial score (nSPS) is 22.8. The van der Waals surface area contributed by atoms with E-state index in [1.165, 1.54) is 20.7 Å². The van der Waals surface area contributed by atoms with E-state index in [1.807, 2.05) is 0 Å². The lowest BCUT2D eigenvalue weighted by Gasteiger charge is -2.28. The number of benzene rings is 1. The lowest BCUT2D eigenvalue weighted by molar-refractivity contribution is 0.477. The van der Waals surface area contributed by atoms with Crippen molar-refractivity contribution in [3.8, 4) is 0 Å². The zero-order valence-electron chi connectivity index (χ0n) is 12.3. The summed E-state index contributed by atoms with van der Waals surface area (Å²) in [6.07, 6.45) is 3.29. The zero-order chi connectivity index (χ0) is 15.8. The topological polar surface area (TPSA) is 74.8 Å². The Kier molecular flexibility index (Phi) is 4.17. The van der Waals surface area contributed by atoms with Crippen LogP contribution >= 0.6 is 0 Å². The molecule has 0 aliphatic carbocycles. The molecule has 2 saturated heterocycles. The summed E-state index contributed by atoms with van der Waals surface area (Å²) in [5.41, 5.74) is 0.542. The Labute approximate surface area is 131 Å². The van der Waals surface area contributed by atoms with Crippen molar-refractivity contribution in [2.45, 2.75) is 30.6 Å². The van der Waals surface area contributed by atoms with Crippen molar-refractivity contribution in [2.75, 3.05) is 29.7 Å². The summed E-state index contributed by atoms with van der Waals surface area (Å²) in [5, 5.41) is 0. The second-order valence-electron chi connectivity index (χ2n) is 5.70. The summed E-state index contributed by atoms with van der Waals surface area (Å²) >= 11 is 0. The van der Waals surface area contributed by atoms with Crippen LogP contribution in [-0.2, 0) is 20.0 Å². The lowest BCUT2D eigenvalue weighted by atomic mass is 10.3. The molecule has 1 aromatic carbocycles. The van der Waals surface area contributed by atoms with Gasteiger partial charge in [0.1, 0.15) is 0 Å². The molecule has 0 saturated carbocycles. The molecule has 0 spiro atoms. The van der Waals surface area contributed by atoms with Crippen LogP contribution in [0.5, 0.6) is 0 Å². The molecule has 0 unspecified atom stereocenters. The Balaban J connectivity index is 1.87. The summed E-state index contributed by atoms with van der Waals surface area (Å²) in [7, 11) is -6.72. The molecule has 8 heteroatoms. The fourth-order valence-electron chi connectivity index (χ4n) is 2.94. The molecule has 122 valence electrons. The van der Waals surface area contributed by atoms with Gasteiger partial charge in [-0.25, -0.2) is 16.8 Å². The first-order chi connectivity index (χ1) is 10.4. The summed E-state index contributed by atoms with van der Waals surface area (Å²) in [6.45, 7) is 1.58. The third-order valence-electron chi connectivity index (χ3n) is 4.18. The van der Waals surface area contributed by atoms with Crippen LogP contribution in [0.1, 0.15) is 25.7 Å². The minimum absolute atomic E-state index is 0.154. The Bertz CT molecular complexity index is 736. The highest BCUT2D eigenvalue weighted by atomic mass is 32.2. The monoisotopic (exact) mass is 344 g/mol. The molecular weight excluding hydrogens is 324 g/mol. The van der Waals surface area contributed by atoms with Gasteiger partial charge in [-0.1, -0.05) is 0 Å². The van der Waals surface area contributed by atoms with E-state index in [4.69, 9.17) is 0 Å². The predicted molar refractivity (Wildman–Crippen MR) is 84.8 cm³/mol. The van der Waals surface area contributed by atoms with Gasteiger partial charge < -0.3 is 0 Å². The zero-order valence-corrected chi connectivity index (χ0v) is 13.9. The van der Waals surface area contributed by atoms with Gasteiger partial charge in [0, 0.05) is 19.6 Å². The first-order valence-electron chi connectivity index (χ1n) is 7.52. The number of hydrogen-bond donors (Lipinski definition) is 0. The van der Waals surface area contributed by atoms with Crippen LogP contribution in [0.3, 0.4) is 0 Å². The van der Waals surface area contributed by atoms with Gasteiger partial charge in [-0.2, -0.15) is 4.31 Å². The highest BCUT2D eigenvalue weighted by Gasteiger charge is 2.29. The maximum Gasteiger partial charge on any atom is 0.243 e. The quantitative estimate of drug-likeness (QED) is 0.831. The summed E-state index contributed by atoms with van der Waals surface area (Å²) in [4.78, 5) is 0.229. The molecule has 2 aliphatic rings. The second kappa shape index (κ2) is 5.82. The highest BCUT2D eigenvalue weighted by Crippen LogP contribution is 2.26. The van der Waals surface area contributed by atoms with Gasteiger partial charge in [-0.3, -0.25) is 4.31 Å². The molecule has 0 amide bonds. The first-order valence-corrected chi connectivity index (χ1v) is 10.6. The molecule has 0 radical (unpaired) electrons. The van der Waals surface area contributed by atoms with Crippen LogP contribution in [0, 0.1) is 0 Å². The fourth-order valence-corrected chi connectivity index (χ4v) is 6.10. The van der Waals surface area contributed by atoms with Crippen molar-refractivity contribution < 1.29 is 16.8 Å². The summed E-state index contributed by atoms with van der Waals surface area (Å²) in [6, 6.07) is 6.19. The minimum atomic E-state index is -3.45. The molecule has 0 bridgehead atoms. The third kappa shape index (κ3) is 2.87. The maximum atomic E-state index is 12.4. The van der Waals surface area contributed by atoms with Gasteiger partial charge in [0.05, 0.1) is 16.3 Å². The van der Waals surface area contributed by atoms with Crippen LogP contribution in [0.4, 0.5) is 5.69 Å². The summed E-state index contributed by atoms with van der Waals surface area (Å²) in [5.74, 6) is 0.154. The summed E-state index contributed by atoms with van der Waals surface area (Å²) < 4.78 is 51.9.